The number of halogens is 2. The van der Waals surface area contributed by atoms with Crippen molar-refractivity contribution in [3.63, 3.8) is 0 Å². The zero-order valence-electron chi connectivity index (χ0n) is 15.9. The molecule has 152 valence electrons. The Morgan fingerprint density at radius 2 is 0.828 bits per heavy atom. The van der Waals surface area contributed by atoms with Crippen LogP contribution in [0.1, 0.15) is 6.42 Å². The van der Waals surface area contributed by atoms with Crippen molar-refractivity contribution in [3.8, 4) is 0 Å². The third-order valence-electron chi connectivity index (χ3n) is 3.92. The molecule has 0 saturated carbocycles. The minimum absolute atomic E-state index is 0.106. The van der Waals surface area contributed by atoms with Crippen molar-refractivity contribution >= 4 is 42.9 Å². The second-order valence-electron chi connectivity index (χ2n) is 5.86. The van der Waals surface area contributed by atoms with Gasteiger partial charge in [-0.15, -0.1) is 0 Å². The van der Waals surface area contributed by atoms with Crippen LogP contribution in [0.2, 0.25) is 0 Å². The Bertz CT molecular complexity index is 771. The molecule has 1 aliphatic rings. The number of allylic oxidation sites excluding steroid dienone is 6. The van der Waals surface area contributed by atoms with Crippen molar-refractivity contribution in [1.29, 1.82) is 0 Å². The normalized spacial score (nSPS) is 11.8. The maximum Gasteiger partial charge on any atom is -0.0134 e. The van der Waals surface area contributed by atoms with Crippen LogP contribution in [0.3, 0.4) is 0 Å². The molecule has 0 nitrogen and oxygen atoms in total. The van der Waals surface area contributed by atoms with Crippen LogP contribution < -0.4 is 15.9 Å². The molecule has 0 spiro atoms. The minimum Gasteiger partial charge on any atom is -0.0622 e. The van der Waals surface area contributed by atoms with Gasteiger partial charge in [-0.3, -0.25) is 0 Å². The molecule has 0 aliphatic heterocycles. The fourth-order valence-corrected chi connectivity index (χ4v) is 5.00. The van der Waals surface area contributed by atoms with Gasteiger partial charge < -0.3 is 0 Å². The summed E-state index contributed by atoms with van der Waals surface area (Å²) in [5.41, 5.74) is 0. The Labute approximate surface area is 191 Å². The van der Waals surface area contributed by atoms with Gasteiger partial charge in [0.05, 0.1) is 0 Å². The zero-order chi connectivity index (χ0) is 20.6. The van der Waals surface area contributed by atoms with Crippen LogP contribution in [0.25, 0.3) is 0 Å². The number of rotatable bonds is 3. The van der Waals surface area contributed by atoms with Crippen molar-refractivity contribution in [3.05, 3.63) is 127 Å². The molecule has 0 saturated heterocycles. The molecule has 0 unspecified atom stereocenters. The summed E-state index contributed by atoms with van der Waals surface area (Å²) < 4.78 is 0. The number of benzene rings is 3. The van der Waals surface area contributed by atoms with E-state index < -0.39 is 7.92 Å². The summed E-state index contributed by atoms with van der Waals surface area (Å²) in [5.74, 6) is 0. The molecule has 0 atom stereocenters. The maximum absolute atomic E-state index is 4.81. The van der Waals surface area contributed by atoms with Crippen LogP contribution in [0.15, 0.2) is 127 Å². The molecule has 3 aromatic carbocycles. The molecule has 4 heteroatoms. The summed E-state index contributed by atoms with van der Waals surface area (Å²) in [6, 6.07) is 32.3. The second-order valence-corrected chi connectivity index (χ2v) is 10.4. The van der Waals surface area contributed by atoms with Gasteiger partial charge in [-0.25, -0.2) is 0 Å². The van der Waals surface area contributed by atoms with Crippen LogP contribution in [0, 0.1) is 0 Å². The average Bonchev–Trinajstić information content (AvgIpc) is 3.11. The van der Waals surface area contributed by atoms with E-state index >= 15 is 0 Å². The predicted molar refractivity (Wildman–Crippen MR) is 129 cm³/mol. The first-order valence-electron chi connectivity index (χ1n) is 9.13. The molecular weight excluding hydrogens is 509 g/mol. The Morgan fingerprint density at radius 1 is 0.517 bits per heavy atom. The molecule has 4 rings (SSSR count). The Kier molecular flexibility index (Phi) is 12.7. The Morgan fingerprint density at radius 3 is 1.14 bits per heavy atom. The number of hydrogen-bond donors (Lipinski definition) is 0. The molecule has 0 bridgehead atoms. The van der Waals surface area contributed by atoms with Gasteiger partial charge in [-0.1, -0.05) is 127 Å². The van der Waals surface area contributed by atoms with Crippen molar-refractivity contribution in [2.45, 2.75) is 6.42 Å². The number of hydrogen-bond acceptors (Lipinski definition) is 0. The van der Waals surface area contributed by atoms with E-state index in [1.54, 1.807) is 0 Å². The SMILES string of the molecule is C1=CC=CCC=C1.[Cl][Pd][Cl].c1ccc(P(c2ccccc2)c2ccccc2)cc1. The van der Waals surface area contributed by atoms with E-state index in [4.69, 9.17) is 19.1 Å². The summed E-state index contributed by atoms with van der Waals surface area (Å²) in [5, 5.41) is 4.19. The Balaban J connectivity index is 0.000000250. The van der Waals surface area contributed by atoms with E-state index in [-0.39, 0.29) is 15.9 Å². The van der Waals surface area contributed by atoms with Gasteiger partial charge in [0.15, 0.2) is 0 Å². The molecule has 0 fully saturated rings. The van der Waals surface area contributed by atoms with Crippen LogP contribution >= 0.6 is 27.0 Å². The third-order valence-corrected chi connectivity index (χ3v) is 6.36. The minimum atomic E-state index is -0.446. The molecule has 0 radical (unpaired) electrons. The summed E-state index contributed by atoms with van der Waals surface area (Å²) in [6.07, 6.45) is 13.5. The van der Waals surface area contributed by atoms with E-state index in [2.05, 4.69) is 115 Å². The first kappa shape index (κ1) is 23.8. The van der Waals surface area contributed by atoms with Gasteiger partial charge in [0, 0.05) is 0 Å². The van der Waals surface area contributed by atoms with Gasteiger partial charge in [-0.05, 0) is 30.3 Å². The van der Waals surface area contributed by atoms with Gasteiger partial charge in [0.1, 0.15) is 0 Å². The zero-order valence-corrected chi connectivity index (χ0v) is 19.8. The monoisotopic (exact) mass is 530 g/mol. The first-order chi connectivity index (χ1) is 14.4. The molecule has 1 aliphatic carbocycles. The van der Waals surface area contributed by atoms with Crippen LogP contribution in [0.4, 0.5) is 0 Å². The van der Waals surface area contributed by atoms with Gasteiger partial charge in [-0.2, -0.15) is 0 Å². The summed E-state index contributed by atoms with van der Waals surface area (Å²) in [7, 11) is 9.18. The predicted octanol–water partition coefficient (Wildman–Crippen LogP) is 6.88. The largest absolute Gasteiger partial charge is 0.0622 e. The van der Waals surface area contributed by atoms with Crippen LogP contribution in [-0.2, 0) is 15.9 Å². The molecule has 29 heavy (non-hydrogen) atoms. The Hall–Kier alpha value is -1.45. The van der Waals surface area contributed by atoms with E-state index in [1.165, 1.54) is 15.9 Å². The maximum atomic E-state index is 4.81. The quantitative estimate of drug-likeness (QED) is 0.255. The fourth-order valence-electron chi connectivity index (χ4n) is 2.70. The first-order valence-corrected chi connectivity index (χ1v) is 14.5. The second kappa shape index (κ2) is 15.4. The van der Waals surface area contributed by atoms with Gasteiger partial charge in [0.2, 0.25) is 0 Å². The van der Waals surface area contributed by atoms with Crippen molar-refractivity contribution in [2.75, 3.05) is 0 Å². The van der Waals surface area contributed by atoms with Crippen molar-refractivity contribution < 1.29 is 15.9 Å². The van der Waals surface area contributed by atoms with Crippen LogP contribution in [-0.4, -0.2) is 0 Å². The summed E-state index contributed by atoms with van der Waals surface area (Å²) in [6.45, 7) is 0. The fraction of sp³-hybridized carbons (Fsp3) is 0.0400. The molecule has 0 N–H and O–H groups in total. The van der Waals surface area contributed by atoms with Crippen molar-refractivity contribution in [1.82, 2.24) is 0 Å². The third kappa shape index (κ3) is 9.27. The van der Waals surface area contributed by atoms with E-state index in [0.717, 1.165) is 6.42 Å². The summed E-state index contributed by atoms with van der Waals surface area (Å²) >= 11 is -0.106. The van der Waals surface area contributed by atoms with Gasteiger partial charge in [0.25, 0.3) is 0 Å². The topological polar surface area (TPSA) is 0 Å². The molecule has 0 amide bonds. The summed E-state index contributed by atoms with van der Waals surface area (Å²) in [4.78, 5) is 0. The molecule has 0 heterocycles. The smallest absolute Gasteiger partial charge is 0.0134 e. The van der Waals surface area contributed by atoms with Crippen LogP contribution in [0.5, 0.6) is 0 Å². The molecular formula is C25H23Cl2PPd. The van der Waals surface area contributed by atoms with E-state index in [1.807, 2.05) is 12.2 Å². The standard InChI is InChI=1S/C18H15P.C7H8.2ClH.Pd/c1-4-10-16(11-5-1)19(17-12-6-2-7-13-17)18-14-8-3-9-15-18;1-2-4-6-7-5-3-1;;;/h1-15H;1-6H,7H2;2*1H;/q;;;;+2/p-2. The molecule has 0 aromatic heterocycles. The van der Waals surface area contributed by atoms with E-state index in [0.29, 0.717) is 0 Å². The van der Waals surface area contributed by atoms with Crippen molar-refractivity contribution in [2.24, 2.45) is 0 Å². The van der Waals surface area contributed by atoms with E-state index in [9.17, 15) is 0 Å². The average molecular weight is 532 g/mol. The molecule has 3 aromatic rings. The van der Waals surface area contributed by atoms with Gasteiger partial charge >= 0.3 is 35.0 Å².